The van der Waals surface area contributed by atoms with Crippen LogP contribution in [-0.4, -0.2) is 49.7 Å². The van der Waals surface area contributed by atoms with E-state index in [0.717, 1.165) is 17.6 Å². The summed E-state index contributed by atoms with van der Waals surface area (Å²) in [6, 6.07) is 0. The molecule has 0 spiro atoms. The zero-order chi connectivity index (χ0) is 14.8. The van der Waals surface area contributed by atoms with E-state index in [1.54, 1.807) is 7.11 Å². The molecule has 1 heterocycles. The number of carbonyl (C=O) groups is 1. The van der Waals surface area contributed by atoms with Gasteiger partial charge in [-0.25, -0.2) is 0 Å². The number of carbonyl (C=O) groups excluding carboxylic acids is 1. The molecule has 0 radical (unpaired) electrons. The second-order valence-electron chi connectivity index (χ2n) is 4.90. The Balaban J connectivity index is 2.13. The zero-order valence-electron chi connectivity index (χ0n) is 12.8. The van der Waals surface area contributed by atoms with Crippen LogP contribution in [0.25, 0.3) is 0 Å². The highest BCUT2D eigenvalue weighted by Gasteiger charge is 2.25. The van der Waals surface area contributed by atoms with Crippen molar-refractivity contribution >= 4 is 22.8 Å². The molecule has 0 saturated heterocycles. The van der Waals surface area contributed by atoms with Crippen LogP contribution in [0.1, 0.15) is 33.1 Å². The van der Waals surface area contributed by atoms with Gasteiger partial charge >= 0.3 is 0 Å². The standard InChI is InChI=1S/C14H27N3O2S/c1-4-11(5-2)12-10-17-14(20-12)16-7-6-13(18)15-8-9-19-3/h11-12H,4-10H2,1-3H3,(H,15,18)(H,16,17). The lowest BCUT2D eigenvalue weighted by Gasteiger charge is -2.18. The van der Waals surface area contributed by atoms with Crippen LogP contribution in [-0.2, 0) is 9.53 Å². The number of aliphatic imine (C=N–C) groups is 1. The smallest absolute Gasteiger partial charge is 0.221 e. The lowest BCUT2D eigenvalue weighted by molar-refractivity contribution is -0.121. The first-order valence-electron chi connectivity index (χ1n) is 7.41. The lowest BCUT2D eigenvalue weighted by Crippen LogP contribution is -2.31. The SMILES string of the molecule is CCC(CC)C1CN=C(NCCC(=O)NCCOC)S1. The van der Waals surface area contributed by atoms with E-state index in [-0.39, 0.29) is 5.91 Å². The fourth-order valence-corrected chi connectivity index (χ4v) is 3.56. The number of nitrogens with one attached hydrogen (secondary N) is 2. The number of hydrogen-bond acceptors (Lipinski definition) is 5. The van der Waals surface area contributed by atoms with Gasteiger partial charge in [-0.15, -0.1) is 0 Å². The summed E-state index contributed by atoms with van der Waals surface area (Å²) < 4.78 is 4.88. The topological polar surface area (TPSA) is 62.7 Å². The molecule has 0 fully saturated rings. The number of amides is 1. The first kappa shape index (κ1) is 17.3. The van der Waals surface area contributed by atoms with Crippen molar-refractivity contribution in [1.29, 1.82) is 0 Å². The van der Waals surface area contributed by atoms with Crippen LogP contribution in [0.4, 0.5) is 0 Å². The Hall–Kier alpha value is -0.750. The van der Waals surface area contributed by atoms with Gasteiger partial charge in [0.25, 0.3) is 0 Å². The van der Waals surface area contributed by atoms with Gasteiger partial charge in [0.2, 0.25) is 5.91 Å². The first-order chi connectivity index (χ1) is 9.71. The molecule has 0 aliphatic carbocycles. The Bertz CT molecular complexity index is 320. The average Bonchev–Trinajstić information content (AvgIpc) is 2.89. The molecule has 0 aromatic carbocycles. The predicted octanol–water partition coefficient (Wildman–Crippen LogP) is 1.64. The van der Waals surface area contributed by atoms with Crippen molar-refractivity contribution in [3.63, 3.8) is 0 Å². The number of thioether (sulfide) groups is 1. The largest absolute Gasteiger partial charge is 0.383 e. The van der Waals surface area contributed by atoms with E-state index >= 15 is 0 Å². The lowest BCUT2D eigenvalue weighted by atomic mass is 9.99. The second-order valence-corrected chi connectivity index (χ2v) is 6.13. The summed E-state index contributed by atoms with van der Waals surface area (Å²) in [6.45, 7) is 7.15. The summed E-state index contributed by atoms with van der Waals surface area (Å²) in [5.74, 6) is 0.787. The van der Waals surface area contributed by atoms with Crippen LogP contribution in [0, 0.1) is 5.92 Å². The van der Waals surface area contributed by atoms with Gasteiger partial charge in [0, 0.05) is 31.9 Å². The average molecular weight is 301 g/mol. The molecule has 1 unspecified atom stereocenters. The highest BCUT2D eigenvalue weighted by Crippen LogP contribution is 2.30. The van der Waals surface area contributed by atoms with Gasteiger partial charge in [-0.1, -0.05) is 38.5 Å². The van der Waals surface area contributed by atoms with Gasteiger partial charge in [0.15, 0.2) is 5.17 Å². The van der Waals surface area contributed by atoms with E-state index in [1.807, 2.05) is 11.8 Å². The minimum absolute atomic E-state index is 0.0506. The normalized spacial score (nSPS) is 18.2. The van der Waals surface area contributed by atoms with E-state index in [1.165, 1.54) is 12.8 Å². The number of amidine groups is 1. The quantitative estimate of drug-likeness (QED) is 0.636. The minimum atomic E-state index is 0.0506. The third-order valence-corrected chi connectivity index (χ3v) is 4.84. The number of hydrogen-bond donors (Lipinski definition) is 2. The summed E-state index contributed by atoms with van der Waals surface area (Å²) in [7, 11) is 1.62. The van der Waals surface area contributed by atoms with Crippen molar-refractivity contribution in [2.45, 2.75) is 38.4 Å². The summed E-state index contributed by atoms with van der Waals surface area (Å²) in [5.41, 5.74) is 0. The van der Waals surface area contributed by atoms with Gasteiger partial charge in [-0.05, 0) is 5.92 Å². The summed E-state index contributed by atoms with van der Waals surface area (Å²) >= 11 is 1.83. The van der Waals surface area contributed by atoms with Crippen LogP contribution in [0.3, 0.4) is 0 Å². The van der Waals surface area contributed by atoms with Crippen LogP contribution in [0.5, 0.6) is 0 Å². The highest BCUT2D eigenvalue weighted by molar-refractivity contribution is 8.14. The Morgan fingerprint density at radius 1 is 1.45 bits per heavy atom. The first-order valence-corrected chi connectivity index (χ1v) is 8.29. The third-order valence-electron chi connectivity index (χ3n) is 3.51. The van der Waals surface area contributed by atoms with Crippen molar-refractivity contribution in [1.82, 2.24) is 10.6 Å². The Labute approximate surface area is 126 Å². The van der Waals surface area contributed by atoms with Gasteiger partial charge in [-0.3, -0.25) is 9.79 Å². The Morgan fingerprint density at radius 3 is 2.85 bits per heavy atom. The molecule has 1 rings (SSSR count). The molecule has 5 nitrogen and oxygen atoms in total. The van der Waals surface area contributed by atoms with Crippen molar-refractivity contribution in [2.24, 2.45) is 10.9 Å². The van der Waals surface area contributed by atoms with Gasteiger partial charge in [-0.2, -0.15) is 0 Å². The van der Waals surface area contributed by atoms with E-state index in [9.17, 15) is 4.79 Å². The van der Waals surface area contributed by atoms with Gasteiger partial charge in [0.1, 0.15) is 0 Å². The molecule has 116 valence electrons. The highest BCUT2D eigenvalue weighted by atomic mass is 32.2. The molecule has 0 saturated carbocycles. The van der Waals surface area contributed by atoms with Crippen LogP contribution in [0.15, 0.2) is 4.99 Å². The Morgan fingerprint density at radius 2 is 2.20 bits per heavy atom. The van der Waals surface area contributed by atoms with E-state index in [2.05, 4.69) is 29.5 Å². The molecule has 1 atom stereocenters. The zero-order valence-corrected chi connectivity index (χ0v) is 13.6. The van der Waals surface area contributed by atoms with Crippen molar-refractivity contribution in [3.05, 3.63) is 0 Å². The molecule has 0 aromatic heterocycles. The molecule has 1 aliphatic heterocycles. The maximum atomic E-state index is 11.5. The van der Waals surface area contributed by atoms with Crippen molar-refractivity contribution in [2.75, 3.05) is 33.4 Å². The molecule has 0 bridgehead atoms. The van der Waals surface area contributed by atoms with E-state index < -0.39 is 0 Å². The van der Waals surface area contributed by atoms with E-state index in [4.69, 9.17) is 4.74 Å². The van der Waals surface area contributed by atoms with Gasteiger partial charge < -0.3 is 15.4 Å². The van der Waals surface area contributed by atoms with Crippen LogP contribution < -0.4 is 10.6 Å². The fourth-order valence-electron chi connectivity index (χ4n) is 2.21. The molecular formula is C14H27N3O2S. The molecule has 0 aromatic rings. The van der Waals surface area contributed by atoms with Crippen molar-refractivity contribution in [3.8, 4) is 0 Å². The molecule has 6 heteroatoms. The predicted molar refractivity (Wildman–Crippen MR) is 85.3 cm³/mol. The molecule has 2 N–H and O–H groups in total. The number of ether oxygens (including phenoxy) is 1. The fraction of sp³-hybridized carbons (Fsp3) is 0.857. The number of methoxy groups -OCH3 is 1. The number of nitrogens with zero attached hydrogens (tertiary/aromatic N) is 1. The molecule has 20 heavy (non-hydrogen) atoms. The van der Waals surface area contributed by atoms with Crippen molar-refractivity contribution < 1.29 is 9.53 Å². The maximum absolute atomic E-state index is 11.5. The summed E-state index contributed by atoms with van der Waals surface area (Å²) in [5, 5.41) is 7.65. The third kappa shape index (κ3) is 6.13. The van der Waals surface area contributed by atoms with Crippen LogP contribution in [0.2, 0.25) is 0 Å². The molecule has 1 amide bonds. The molecular weight excluding hydrogens is 274 g/mol. The second kappa shape index (κ2) is 10.0. The van der Waals surface area contributed by atoms with Gasteiger partial charge in [0.05, 0.1) is 13.2 Å². The van der Waals surface area contributed by atoms with E-state index in [0.29, 0.717) is 31.4 Å². The Kier molecular flexibility index (Phi) is 8.69. The van der Waals surface area contributed by atoms with Crippen LogP contribution >= 0.6 is 11.8 Å². The summed E-state index contributed by atoms with van der Waals surface area (Å²) in [4.78, 5) is 16.0. The maximum Gasteiger partial charge on any atom is 0.221 e. The number of rotatable bonds is 9. The molecule has 1 aliphatic rings. The summed E-state index contributed by atoms with van der Waals surface area (Å²) in [6.07, 6.45) is 2.89. The monoisotopic (exact) mass is 301 g/mol. The minimum Gasteiger partial charge on any atom is -0.383 e.